The summed E-state index contributed by atoms with van der Waals surface area (Å²) in [4.78, 5) is 16.5. The van der Waals surface area contributed by atoms with Crippen LogP contribution in [0.1, 0.15) is 48.6 Å². The molecule has 6 nitrogen and oxygen atoms in total. The molecule has 0 N–H and O–H groups in total. The predicted octanol–water partition coefficient (Wildman–Crippen LogP) is 3.55. The van der Waals surface area contributed by atoms with Gasteiger partial charge in [0.15, 0.2) is 0 Å². The Bertz CT molecular complexity index is 853. The van der Waals surface area contributed by atoms with Crippen LogP contribution >= 0.6 is 0 Å². The number of likely N-dealkylation sites (tertiary alicyclic amines) is 1. The van der Waals surface area contributed by atoms with Gasteiger partial charge in [-0.25, -0.2) is 0 Å². The summed E-state index contributed by atoms with van der Waals surface area (Å²) in [7, 11) is 3.89. The molecule has 1 aromatic carbocycles. The standard InChI is InChI=1S/C21H27F3N4O2/c1-27-11-4-3-8-17(27)14-28(2)20(29)10-9-18-25-26-19(30-18)13-15-6-5-7-16(12-15)21(22,23)24/h5-7,12,17H,3-4,8-11,13-14H2,1-2H3. The van der Waals surface area contributed by atoms with Gasteiger partial charge in [0.05, 0.1) is 12.0 Å². The Kier molecular flexibility index (Phi) is 7.12. The number of aromatic nitrogens is 2. The van der Waals surface area contributed by atoms with E-state index in [2.05, 4.69) is 22.1 Å². The Balaban J connectivity index is 1.50. The van der Waals surface area contributed by atoms with Crippen LogP contribution in [0.3, 0.4) is 0 Å². The molecule has 1 fully saturated rings. The highest BCUT2D eigenvalue weighted by Gasteiger charge is 2.30. The van der Waals surface area contributed by atoms with Gasteiger partial charge in [0, 0.05) is 32.5 Å². The maximum atomic E-state index is 12.8. The number of likely N-dealkylation sites (N-methyl/N-ethyl adjacent to an activating group) is 2. The summed E-state index contributed by atoms with van der Waals surface area (Å²) in [6.45, 7) is 1.75. The molecule has 164 valence electrons. The molecule has 1 saturated heterocycles. The lowest BCUT2D eigenvalue weighted by molar-refractivity contribution is -0.137. The molecule has 0 saturated carbocycles. The number of piperidine rings is 1. The largest absolute Gasteiger partial charge is 0.425 e. The van der Waals surface area contributed by atoms with Crippen LogP contribution in [0.4, 0.5) is 13.2 Å². The molecule has 9 heteroatoms. The van der Waals surface area contributed by atoms with E-state index < -0.39 is 11.7 Å². The first-order valence-corrected chi connectivity index (χ1v) is 10.1. The monoisotopic (exact) mass is 424 g/mol. The normalized spacial score (nSPS) is 17.8. The van der Waals surface area contributed by atoms with Crippen molar-refractivity contribution in [3.05, 3.63) is 47.2 Å². The lowest BCUT2D eigenvalue weighted by Crippen LogP contribution is -2.45. The number of alkyl halides is 3. The number of hydrogen-bond donors (Lipinski definition) is 0. The van der Waals surface area contributed by atoms with Gasteiger partial charge in [-0.15, -0.1) is 10.2 Å². The van der Waals surface area contributed by atoms with Gasteiger partial charge >= 0.3 is 6.18 Å². The Morgan fingerprint density at radius 1 is 1.27 bits per heavy atom. The minimum absolute atomic E-state index is 0.00611. The second kappa shape index (κ2) is 9.59. The summed E-state index contributed by atoms with van der Waals surface area (Å²) in [5.74, 6) is 0.550. The Morgan fingerprint density at radius 3 is 2.77 bits per heavy atom. The van der Waals surface area contributed by atoms with Crippen LogP contribution in [-0.4, -0.2) is 59.1 Å². The summed E-state index contributed by atoms with van der Waals surface area (Å²) in [6.07, 6.45) is -0.250. The van der Waals surface area contributed by atoms with Crippen molar-refractivity contribution in [3.63, 3.8) is 0 Å². The molecule has 1 unspecified atom stereocenters. The lowest BCUT2D eigenvalue weighted by Gasteiger charge is -2.35. The molecular formula is C21H27F3N4O2. The number of amides is 1. The molecule has 0 spiro atoms. The lowest BCUT2D eigenvalue weighted by atomic mass is 10.0. The molecule has 1 atom stereocenters. The molecular weight excluding hydrogens is 397 g/mol. The van der Waals surface area contributed by atoms with Crippen LogP contribution < -0.4 is 0 Å². The first-order chi connectivity index (χ1) is 14.2. The maximum Gasteiger partial charge on any atom is 0.416 e. The van der Waals surface area contributed by atoms with E-state index in [1.54, 1.807) is 18.0 Å². The summed E-state index contributed by atoms with van der Waals surface area (Å²) in [5.41, 5.74) is -0.274. The number of carbonyl (C=O) groups excluding carboxylic acids is 1. The molecule has 0 aliphatic carbocycles. The minimum atomic E-state index is -4.39. The fourth-order valence-electron chi connectivity index (χ4n) is 3.69. The van der Waals surface area contributed by atoms with Gasteiger partial charge in [0.1, 0.15) is 0 Å². The first kappa shape index (κ1) is 22.3. The number of hydrogen-bond acceptors (Lipinski definition) is 5. The third kappa shape index (κ3) is 6.04. The highest BCUT2D eigenvalue weighted by molar-refractivity contribution is 5.76. The SMILES string of the molecule is CN(CC1CCCCN1C)C(=O)CCc1nnc(Cc2cccc(C(F)(F)F)c2)o1. The molecule has 2 heterocycles. The topological polar surface area (TPSA) is 62.5 Å². The van der Waals surface area contributed by atoms with Crippen LogP contribution in [-0.2, 0) is 23.8 Å². The molecule has 2 aromatic rings. The van der Waals surface area contributed by atoms with Gasteiger partial charge in [0.2, 0.25) is 17.7 Å². The van der Waals surface area contributed by atoms with E-state index in [9.17, 15) is 18.0 Å². The average molecular weight is 424 g/mol. The second-order valence-corrected chi connectivity index (χ2v) is 7.87. The van der Waals surface area contributed by atoms with Gasteiger partial charge < -0.3 is 14.2 Å². The number of aryl methyl sites for hydroxylation is 1. The van der Waals surface area contributed by atoms with Gasteiger partial charge in [-0.05, 0) is 38.1 Å². The average Bonchev–Trinajstić information content (AvgIpc) is 3.14. The number of rotatable bonds is 7. The molecule has 1 aliphatic rings. The zero-order valence-electron chi connectivity index (χ0n) is 17.3. The Labute approximate surface area is 174 Å². The van der Waals surface area contributed by atoms with E-state index in [0.29, 0.717) is 30.5 Å². The zero-order chi connectivity index (χ0) is 21.7. The molecule has 30 heavy (non-hydrogen) atoms. The second-order valence-electron chi connectivity index (χ2n) is 7.87. The van der Waals surface area contributed by atoms with Gasteiger partial charge in [-0.2, -0.15) is 13.2 Å². The van der Waals surface area contributed by atoms with Gasteiger partial charge in [0.25, 0.3) is 0 Å². The van der Waals surface area contributed by atoms with Crippen LogP contribution in [0.15, 0.2) is 28.7 Å². The molecule has 3 rings (SSSR count). The number of carbonyl (C=O) groups is 1. The van der Waals surface area contributed by atoms with Crippen molar-refractivity contribution in [1.29, 1.82) is 0 Å². The van der Waals surface area contributed by atoms with Crippen molar-refractivity contribution in [2.45, 2.75) is 50.7 Å². The smallest absolute Gasteiger partial charge is 0.416 e. The minimum Gasteiger partial charge on any atom is -0.425 e. The predicted molar refractivity (Wildman–Crippen MR) is 105 cm³/mol. The molecule has 1 amide bonds. The van der Waals surface area contributed by atoms with Crippen LogP contribution in [0, 0.1) is 0 Å². The van der Waals surface area contributed by atoms with E-state index in [0.717, 1.165) is 25.1 Å². The summed E-state index contributed by atoms with van der Waals surface area (Å²) < 4.78 is 44.0. The summed E-state index contributed by atoms with van der Waals surface area (Å²) in [5, 5.41) is 7.82. The van der Waals surface area contributed by atoms with E-state index >= 15 is 0 Å². The Morgan fingerprint density at radius 2 is 2.03 bits per heavy atom. The first-order valence-electron chi connectivity index (χ1n) is 10.1. The highest BCUT2D eigenvalue weighted by Crippen LogP contribution is 2.30. The quantitative estimate of drug-likeness (QED) is 0.680. The van der Waals surface area contributed by atoms with Crippen molar-refractivity contribution in [2.75, 3.05) is 27.2 Å². The van der Waals surface area contributed by atoms with E-state index in [4.69, 9.17) is 4.42 Å². The number of nitrogens with zero attached hydrogens (tertiary/aromatic N) is 4. The van der Waals surface area contributed by atoms with Crippen molar-refractivity contribution in [3.8, 4) is 0 Å². The van der Waals surface area contributed by atoms with Crippen molar-refractivity contribution < 1.29 is 22.4 Å². The maximum absolute atomic E-state index is 12.8. The van der Waals surface area contributed by atoms with Gasteiger partial charge in [-0.3, -0.25) is 4.79 Å². The molecule has 0 radical (unpaired) electrons. The third-order valence-electron chi connectivity index (χ3n) is 5.50. The van der Waals surface area contributed by atoms with Crippen LogP contribution in [0.25, 0.3) is 0 Å². The van der Waals surface area contributed by atoms with Crippen molar-refractivity contribution in [1.82, 2.24) is 20.0 Å². The molecule has 1 aromatic heterocycles. The van der Waals surface area contributed by atoms with Crippen molar-refractivity contribution >= 4 is 5.91 Å². The van der Waals surface area contributed by atoms with E-state index in [1.165, 1.54) is 18.9 Å². The van der Waals surface area contributed by atoms with Crippen LogP contribution in [0.5, 0.6) is 0 Å². The van der Waals surface area contributed by atoms with Gasteiger partial charge in [-0.1, -0.05) is 24.6 Å². The fraction of sp³-hybridized carbons (Fsp3) is 0.571. The van der Waals surface area contributed by atoms with Crippen molar-refractivity contribution in [2.24, 2.45) is 0 Å². The molecule has 1 aliphatic heterocycles. The fourth-order valence-corrected chi connectivity index (χ4v) is 3.69. The number of halogens is 3. The van der Waals surface area contributed by atoms with Crippen LogP contribution in [0.2, 0.25) is 0 Å². The van der Waals surface area contributed by atoms with E-state index in [-0.39, 0.29) is 24.6 Å². The van der Waals surface area contributed by atoms with E-state index in [1.807, 2.05) is 0 Å². The third-order valence-corrected chi connectivity index (χ3v) is 5.50. The summed E-state index contributed by atoms with van der Waals surface area (Å²) in [6, 6.07) is 5.42. The zero-order valence-corrected chi connectivity index (χ0v) is 17.3. The highest BCUT2D eigenvalue weighted by atomic mass is 19.4. The number of benzene rings is 1. The molecule has 0 bridgehead atoms. The Hall–Kier alpha value is -2.42. The summed E-state index contributed by atoms with van der Waals surface area (Å²) >= 11 is 0.